The fourth-order valence-electron chi connectivity index (χ4n) is 1.84. The number of rotatable bonds is 5. The van der Waals surface area contributed by atoms with Crippen LogP contribution >= 0.6 is 11.6 Å². The number of carbonyl (C=O) groups excluding carboxylic acids is 2. The van der Waals surface area contributed by atoms with E-state index >= 15 is 0 Å². The summed E-state index contributed by atoms with van der Waals surface area (Å²) in [4.78, 5) is 23.4. The molecular weight excluding hydrogens is 323 g/mol. The second kappa shape index (κ2) is 7.60. The van der Waals surface area contributed by atoms with E-state index in [1.54, 1.807) is 6.07 Å². The number of halogens is 2. The molecule has 7 heteroatoms. The SMILES string of the molecule is COC(=O)c1ccc(Cl)c(NC(=O)CNc2cccc(F)c2)c1. The molecule has 23 heavy (non-hydrogen) atoms. The molecule has 120 valence electrons. The Morgan fingerprint density at radius 1 is 1.22 bits per heavy atom. The predicted octanol–water partition coefficient (Wildman–Crippen LogP) is 3.32. The van der Waals surface area contributed by atoms with Crippen molar-refractivity contribution >= 4 is 34.9 Å². The Balaban J connectivity index is 2.01. The number of ether oxygens (including phenoxy) is 1. The van der Waals surface area contributed by atoms with Crippen LogP contribution in [0.2, 0.25) is 5.02 Å². The molecular formula is C16H14ClFN2O3. The van der Waals surface area contributed by atoms with Crippen molar-refractivity contribution in [3.63, 3.8) is 0 Å². The lowest BCUT2D eigenvalue weighted by molar-refractivity contribution is -0.114. The monoisotopic (exact) mass is 336 g/mol. The zero-order valence-corrected chi connectivity index (χ0v) is 13.0. The first-order valence-corrected chi connectivity index (χ1v) is 7.04. The number of methoxy groups -OCH3 is 1. The van der Waals surface area contributed by atoms with Gasteiger partial charge in [-0.3, -0.25) is 4.79 Å². The van der Waals surface area contributed by atoms with E-state index in [2.05, 4.69) is 15.4 Å². The largest absolute Gasteiger partial charge is 0.465 e. The number of hydrogen-bond donors (Lipinski definition) is 2. The average Bonchev–Trinajstić information content (AvgIpc) is 2.54. The van der Waals surface area contributed by atoms with E-state index in [-0.39, 0.29) is 17.1 Å². The van der Waals surface area contributed by atoms with Gasteiger partial charge in [0.15, 0.2) is 0 Å². The second-order valence-electron chi connectivity index (χ2n) is 4.60. The van der Waals surface area contributed by atoms with Gasteiger partial charge in [0.1, 0.15) is 5.82 Å². The Morgan fingerprint density at radius 2 is 2.00 bits per heavy atom. The Bertz CT molecular complexity index is 737. The van der Waals surface area contributed by atoms with Crippen molar-refractivity contribution in [3.8, 4) is 0 Å². The van der Waals surface area contributed by atoms with E-state index in [0.29, 0.717) is 11.4 Å². The third-order valence-corrected chi connectivity index (χ3v) is 3.27. The molecule has 0 unspecified atom stereocenters. The molecule has 0 aromatic heterocycles. The second-order valence-corrected chi connectivity index (χ2v) is 5.01. The molecule has 2 rings (SSSR count). The molecule has 0 bridgehead atoms. The van der Waals surface area contributed by atoms with Gasteiger partial charge in [-0.2, -0.15) is 0 Å². The van der Waals surface area contributed by atoms with Gasteiger partial charge < -0.3 is 15.4 Å². The molecule has 0 aliphatic rings. The fourth-order valence-corrected chi connectivity index (χ4v) is 2.01. The lowest BCUT2D eigenvalue weighted by Gasteiger charge is -2.10. The predicted molar refractivity (Wildman–Crippen MR) is 86.3 cm³/mol. The highest BCUT2D eigenvalue weighted by atomic mass is 35.5. The number of carbonyl (C=O) groups is 2. The minimum Gasteiger partial charge on any atom is -0.465 e. The summed E-state index contributed by atoms with van der Waals surface area (Å²) in [6.45, 7) is -0.0811. The quantitative estimate of drug-likeness (QED) is 0.822. The van der Waals surface area contributed by atoms with Crippen LogP contribution < -0.4 is 10.6 Å². The molecule has 2 aromatic rings. The summed E-state index contributed by atoms with van der Waals surface area (Å²) in [7, 11) is 1.26. The zero-order valence-electron chi connectivity index (χ0n) is 12.2. The zero-order chi connectivity index (χ0) is 16.8. The molecule has 5 nitrogen and oxygen atoms in total. The summed E-state index contributed by atoms with van der Waals surface area (Å²) in [5.74, 6) is -1.32. The summed E-state index contributed by atoms with van der Waals surface area (Å²) in [5, 5.41) is 5.65. The summed E-state index contributed by atoms with van der Waals surface area (Å²) >= 11 is 5.99. The van der Waals surface area contributed by atoms with E-state index < -0.39 is 17.7 Å². The van der Waals surface area contributed by atoms with Gasteiger partial charge in [0.05, 0.1) is 29.9 Å². The molecule has 0 atom stereocenters. The van der Waals surface area contributed by atoms with Crippen molar-refractivity contribution in [2.75, 3.05) is 24.3 Å². The minimum absolute atomic E-state index is 0.0811. The lowest BCUT2D eigenvalue weighted by atomic mass is 10.2. The van der Waals surface area contributed by atoms with Crippen molar-refractivity contribution in [1.29, 1.82) is 0 Å². The van der Waals surface area contributed by atoms with Crippen molar-refractivity contribution in [2.45, 2.75) is 0 Å². The standard InChI is InChI=1S/C16H14ClFN2O3/c1-23-16(22)10-5-6-13(17)14(7-10)20-15(21)9-19-12-4-2-3-11(18)8-12/h2-8,19H,9H2,1H3,(H,20,21). The molecule has 0 radical (unpaired) electrons. The molecule has 0 aliphatic heterocycles. The number of hydrogen-bond acceptors (Lipinski definition) is 4. The van der Waals surface area contributed by atoms with Gasteiger partial charge in [0.2, 0.25) is 5.91 Å². The van der Waals surface area contributed by atoms with E-state index in [4.69, 9.17) is 11.6 Å². The van der Waals surface area contributed by atoms with Gasteiger partial charge in [-0.05, 0) is 36.4 Å². The first kappa shape index (κ1) is 16.8. The van der Waals surface area contributed by atoms with Gasteiger partial charge in [-0.15, -0.1) is 0 Å². The summed E-state index contributed by atoms with van der Waals surface area (Å²) in [6.07, 6.45) is 0. The molecule has 0 heterocycles. The van der Waals surface area contributed by atoms with Gasteiger partial charge in [-0.25, -0.2) is 9.18 Å². The number of anilines is 2. The highest BCUT2D eigenvalue weighted by Gasteiger charge is 2.11. The fraction of sp³-hybridized carbons (Fsp3) is 0.125. The van der Waals surface area contributed by atoms with E-state index in [1.807, 2.05) is 0 Å². The third-order valence-electron chi connectivity index (χ3n) is 2.94. The summed E-state index contributed by atoms with van der Waals surface area (Å²) in [5.41, 5.74) is 1.04. The van der Waals surface area contributed by atoms with Crippen LogP contribution in [0.3, 0.4) is 0 Å². The van der Waals surface area contributed by atoms with Crippen LogP contribution in [0.1, 0.15) is 10.4 Å². The van der Waals surface area contributed by atoms with Crippen molar-refractivity contribution in [1.82, 2.24) is 0 Å². The van der Waals surface area contributed by atoms with Crippen LogP contribution in [0.15, 0.2) is 42.5 Å². The maximum Gasteiger partial charge on any atom is 0.337 e. The van der Waals surface area contributed by atoms with Crippen molar-refractivity contribution in [3.05, 3.63) is 58.9 Å². The van der Waals surface area contributed by atoms with Gasteiger partial charge >= 0.3 is 5.97 Å². The topological polar surface area (TPSA) is 67.4 Å². The number of esters is 1. The van der Waals surface area contributed by atoms with Crippen LogP contribution in [0.4, 0.5) is 15.8 Å². The van der Waals surface area contributed by atoms with E-state index in [9.17, 15) is 14.0 Å². The first-order chi connectivity index (χ1) is 11.0. The minimum atomic E-state index is -0.532. The maximum atomic E-state index is 13.0. The van der Waals surface area contributed by atoms with Crippen LogP contribution in [0, 0.1) is 5.82 Å². The first-order valence-electron chi connectivity index (χ1n) is 6.67. The Hall–Kier alpha value is -2.60. The molecule has 0 spiro atoms. The number of benzene rings is 2. The van der Waals surface area contributed by atoms with Crippen LogP contribution in [-0.2, 0) is 9.53 Å². The highest BCUT2D eigenvalue weighted by Crippen LogP contribution is 2.23. The normalized spacial score (nSPS) is 10.0. The van der Waals surface area contributed by atoms with Gasteiger partial charge in [0, 0.05) is 5.69 Å². The molecule has 0 fully saturated rings. The molecule has 2 N–H and O–H groups in total. The van der Waals surface area contributed by atoms with E-state index in [0.717, 1.165) is 0 Å². The Morgan fingerprint density at radius 3 is 2.70 bits per heavy atom. The van der Waals surface area contributed by atoms with Crippen LogP contribution in [-0.4, -0.2) is 25.5 Å². The Labute approximate surface area is 137 Å². The summed E-state index contributed by atoms with van der Waals surface area (Å²) in [6, 6.07) is 10.2. The molecule has 0 saturated carbocycles. The molecule has 0 aliphatic carbocycles. The van der Waals surface area contributed by atoms with Crippen LogP contribution in [0.25, 0.3) is 0 Å². The Kier molecular flexibility index (Phi) is 5.54. The highest BCUT2D eigenvalue weighted by molar-refractivity contribution is 6.33. The average molecular weight is 337 g/mol. The summed E-state index contributed by atoms with van der Waals surface area (Å²) < 4.78 is 17.7. The van der Waals surface area contributed by atoms with Gasteiger partial charge in [0.25, 0.3) is 0 Å². The number of amides is 1. The number of nitrogens with one attached hydrogen (secondary N) is 2. The molecule has 0 saturated heterocycles. The van der Waals surface area contributed by atoms with E-state index in [1.165, 1.54) is 43.5 Å². The molecule has 2 aromatic carbocycles. The van der Waals surface area contributed by atoms with Crippen molar-refractivity contribution < 1.29 is 18.7 Å². The van der Waals surface area contributed by atoms with Gasteiger partial charge in [-0.1, -0.05) is 17.7 Å². The lowest BCUT2D eigenvalue weighted by Crippen LogP contribution is -2.22. The third kappa shape index (κ3) is 4.69. The molecule has 1 amide bonds. The smallest absolute Gasteiger partial charge is 0.337 e. The maximum absolute atomic E-state index is 13.0. The van der Waals surface area contributed by atoms with Crippen molar-refractivity contribution in [2.24, 2.45) is 0 Å². The van der Waals surface area contributed by atoms with Crippen LogP contribution in [0.5, 0.6) is 0 Å².